The molecule has 1 heterocycles. The fourth-order valence-electron chi connectivity index (χ4n) is 2.57. The van der Waals surface area contributed by atoms with Gasteiger partial charge in [0.15, 0.2) is 0 Å². The van der Waals surface area contributed by atoms with Crippen molar-refractivity contribution in [1.82, 2.24) is 10.3 Å². The van der Waals surface area contributed by atoms with Crippen LogP contribution in [0, 0.1) is 0 Å². The number of nitrogens with zero attached hydrogens (tertiary/aromatic N) is 1. The van der Waals surface area contributed by atoms with Gasteiger partial charge >= 0.3 is 0 Å². The van der Waals surface area contributed by atoms with Crippen molar-refractivity contribution in [1.29, 1.82) is 0 Å². The van der Waals surface area contributed by atoms with E-state index in [9.17, 15) is 0 Å². The number of nitrogens with one attached hydrogen (secondary N) is 1. The van der Waals surface area contributed by atoms with Gasteiger partial charge in [-0.15, -0.1) is 0 Å². The second-order valence-corrected chi connectivity index (χ2v) is 5.42. The highest BCUT2D eigenvalue weighted by atomic mass is 35.5. The van der Waals surface area contributed by atoms with E-state index in [1.807, 2.05) is 24.5 Å². The lowest BCUT2D eigenvalue weighted by Crippen LogP contribution is -2.12. The van der Waals surface area contributed by atoms with Crippen LogP contribution in [-0.4, -0.2) is 11.5 Å². The minimum atomic E-state index is 0.760. The second-order valence-electron chi connectivity index (χ2n) is 4.98. The molecule has 3 heteroatoms. The molecule has 21 heavy (non-hydrogen) atoms. The number of pyridine rings is 1. The molecule has 0 atom stereocenters. The molecule has 2 aromatic carbocycles. The predicted molar refractivity (Wildman–Crippen MR) is 89.6 cm³/mol. The Bertz CT molecular complexity index is 763. The van der Waals surface area contributed by atoms with Crippen LogP contribution < -0.4 is 5.32 Å². The van der Waals surface area contributed by atoms with E-state index >= 15 is 0 Å². The Kier molecular flexibility index (Phi) is 4.18. The minimum Gasteiger partial charge on any atom is -0.313 e. The van der Waals surface area contributed by atoms with Crippen LogP contribution in [0.4, 0.5) is 0 Å². The number of hydrogen-bond acceptors (Lipinski definition) is 2. The summed E-state index contributed by atoms with van der Waals surface area (Å²) in [6.45, 7) is 3.89. The van der Waals surface area contributed by atoms with Crippen molar-refractivity contribution in [2.24, 2.45) is 0 Å². The Labute approximate surface area is 129 Å². The van der Waals surface area contributed by atoms with Gasteiger partial charge in [0, 0.05) is 29.3 Å². The molecule has 2 nitrogen and oxygen atoms in total. The van der Waals surface area contributed by atoms with Crippen LogP contribution in [0.25, 0.3) is 21.9 Å². The van der Waals surface area contributed by atoms with E-state index in [0.29, 0.717) is 0 Å². The van der Waals surface area contributed by atoms with Crippen molar-refractivity contribution in [3.8, 4) is 11.1 Å². The first-order valence-corrected chi connectivity index (χ1v) is 7.49. The molecule has 0 unspecified atom stereocenters. The smallest absolute Gasteiger partial charge is 0.0412 e. The predicted octanol–water partition coefficient (Wildman–Crippen LogP) is 4.66. The molecule has 0 amide bonds. The first-order valence-electron chi connectivity index (χ1n) is 7.12. The zero-order valence-electron chi connectivity index (χ0n) is 11.9. The van der Waals surface area contributed by atoms with Crippen molar-refractivity contribution in [2.75, 3.05) is 6.54 Å². The van der Waals surface area contributed by atoms with E-state index in [0.717, 1.165) is 23.5 Å². The van der Waals surface area contributed by atoms with Crippen LogP contribution in [0.5, 0.6) is 0 Å². The maximum absolute atomic E-state index is 6.22. The largest absolute Gasteiger partial charge is 0.313 e. The molecule has 1 N–H and O–H groups in total. The number of hydrogen-bond donors (Lipinski definition) is 1. The first kappa shape index (κ1) is 14.1. The molecular weight excluding hydrogens is 280 g/mol. The third kappa shape index (κ3) is 2.92. The van der Waals surface area contributed by atoms with E-state index in [4.69, 9.17) is 11.6 Å². The summed E-state index contributed by atoms with van der Waals surface area (Å²) in [5.74, 6) is 0. The van der Waals surface area contributed by atoms with E-state index in [1.54, 1.807) is 0 Å². The quantitative estimate of drug-likeness (QED) is 0.757. The van der Waals surface area contributed by atoms with Gasteiger partial charge in [0.1, 0.15) is 0 Å². The Morgan fingerprint density at radius 2 is 2.00 bits per heavy atom. The Hall–Kier alpha value is -1.90. The van der Waals surface area contributed by atoms with Gasteiger partial charge in [-0.25, -0.2) is 0 Å². The van der Waals surface area contributed by atoms with E-state index in [-0.39, 0.29) is 0 Å². The summed E-state index contributed by atoms with van der Waals surface area (Å²) in [5, 5.41) is 6.49. The number of benzene rings is 2. The van der Waals surface area contributed by atoms with Gasteiger partial charge in [-0.05, 0) is 46.8 Å². The topological polar surface area (TPSA) is 24.9 Å². The lowest BCUT2D eigenvalue weighted by Gasteiger charge is -2.13. The van der Waals surface area contributed by atoms with Crippen molar-refractivity contribution in [3.05, 3.63) is 65.4 Å². The maximum Gasteiger partial charge on any atom is 0.0412 e. The molecule has 0 saturated carbocycles. The summed E-state index contributed by atoms with van der Waals surface area (Å²) >= 11 is 6.22. The van der Waals surface area contributed by atoms with Crippen molar-refractivity contribution < 1.29 is 0 Å². The number of aromatic nitrogens is 1. The Morgan fingerprint density at radius 1 is 1.10 bits per heavy atom. The highest BCUT2D eigenvalue weighted by Gasteiger charge is 2.09. The summed E-state index contributed by atoms with van der Waals surface area (Å²) in [7, 11) is 0. The monoisotopic (exact) mass is 296 g/mol. The lowest BCUT2D eigenvalue weighted by atomic mass is 9.95. The third-order valence-electron chi connectivity index (χ3n) is 3.61. The molecule has 3 rings (SSSR count). The van der Waals surface area contributed by atoms with Gasteiger partial charge in [0.05, 0.1) is 0 Å². The fourth-order valence-corrected chi connectivity index (χ4v) is 2.74. The summed E-state index contributed by atoms with van der Waals surface area (Å²) in [4.78, 5) is 4.20. The molecule has 0 saturated heterocycles. The normalized spacial score (nSPS) is 11.0. The van der Waals surface area contributed by atoms with Gasteiger partial charge in [-0.2, -0.15) is 0 Å². The molecule has 0 bridgehead atoms. The molecule has 106 valence electrons. The van der Waals surface area contributed by atoms with Crippen molar-refractivity contribution >= 4 is 22.4 Å². The average molecular weight is 297 g/mol. The SMILES string of the molecule is CCNCc1ccc(Cl)cc1-c1cccc2cnccc12. The van der Waals surface area contributed by atoms with Gasteiger partial charge in [0.2, 0.25) is 0 Å². The summed E-state index contributed by atoms with van der Waals surface area (Å²) in [5.41, 5.74) is 3.64. The summed E-state index contributed by atoms with van der Waals surface area (Å²) in [6.07, 6.45) is 3.73. The van der Waals surface area contributed by atoms with Crippen LogP contribution in [0.1, 0.15) is 12.5 Å². The van der Waals surface area contributed by atoms with Crippen molar-refractivity contribution in [2.45, 2.75) is 13.5 Å². The standard InChI is InChI=1S/C18H17ClN2/c1-2-20-11-14-6-7-15(19)10-18(14)17-5-3-4-13-12-21-9-8-16(13)17/h3-10,12,20H,2,11H2,1H3. The zero-order chi connectivity index (χ0) is 14.7. The number of rotatable bonds is 4. The van der Waals surface area contributed by atoms with E-state index < -0.39 is 0 Å². The van der Waals surface area contributed by atoms with E-state index in [2.05, 4.69) is 47.6 Å². The molecule has 0 spiro atoms. The van der Waals surface area contributed by atoms with Gasteiger partial charge in [-0.3, -0.25) is 4.98 Å². The summed E-state index contributed by atoms with van der Waals surface area (Å²) in [6, 6.07) is 14.4. The molecule has 0 fully saturated rings. The van der Waals surface area contributed by atoms with Crippen LogP contribution >= 0.6 is 11.6 Å². The molecule has 0 radical (unpaired) electrons. The highest BCUT2D eigenvalue weighted by molar-refractivity contribution is 6.31. The zero-order valence-corrected chi connectivity index (χ0v) is 12.7. The number of halogens is 1. The third-order valence-corrected chi connectivity index (χ3v) is 3.84. The van der Waals surface area contributed by atoms with Crippen LogP contribution in [0.2, 0.25) is 5.02 Å². The average Bonchev–Trinajstić information content (AvgIpc) is 2.53. The van der Waals surface area contributed by atoms with Crippen LogP contribution in [0.15, 0.2) is 54.9 Å². The molecule has 1 aromatic heterocycles. The maximum atomic E-state index is 6.22. The second kappa shape index (κ2) is 6.25. The first-order chi connectivity index (χ1) is 10.3. The van der Waals surface area contributed by atoms with Crippen LogP contribution in [-0.2, 0) is 6.54 Å². The summed E-state index contributed by atoms with van der Waals surface area (Å²) < 4.78 is 0. The number of fused-ring (bicyclic) bond motifs is 1. The lowest BCUT2D eigenvalue weighted by molar-refractivity contribution is 0.728. The minimum absolute atomic E-state index is 0.760. The molecular formula is C18H17ClN2. The molecule has 0 aliphatic carbocycles. The van der Waals surface area contributed by atoms with Crippen molar-refractivity contribution in [3.63, 3.8) is 0 Å². The Morgan fingerprint density at radius 3 is 2.86 bits per heavy atom. The highest BCUT2D eigenvalue weighted by Crippen LogP contribution is 2.32. The molecule has 0 aliphatic rings. The van der Waals surface area contributed by atoms with E-state index in [1.165, 1.54) is 22.1 Å². The Balaban J connectivity index is 2.19. The van der Waals surface area contributed by atoms with Gasteiger partial charge in [0.25, 0.3) is 0 Å². The van der Waals surface area contributed by atoms with Crippen LogP contribution in [0.3, 0.4) is 0 Å². The fraction of sp³-hybridized carbons (Fsp3) is 0.167. The van der Waals surface area contributed by atoms with Gasteiger partial charge in [-0.1, -0.05) is 42.8 Å². The molecule has 3 aromatic rings. The van der Waals surface area contributed by atoms with Gasteiger partial charge < -0.3 is 5.32 Å². The molecule has 0 aliphatic heterocycles.